The standard InChI is InChI=1S/C12H21NO3S/c1-3-5-12(14)11-6-8-13(10-11)7-4-9-17(2,15)16/h6,8,10,12,14H,3-5,7,9H2,1-2H3. The Morgan fingerprint density at radius 3 is 2.76 bits per heavy atom. The van der Waals surface area contributed by atoms with Gasteiger partial charge in [0.05, 0.1) is 11.9 Å². The first-order valence-corrected chi connectivity index (χ1v) is 8.00. The Hall–Kier alpha value is -0.810. The van der Waals surface area contributed by atoms with Gasteiger partial charge in [0.2, 0.25) is 0 Å². The summed E-state index contributed by atoms with van der Waals surface area (Å²) in [7, 11) is -2.88. The number of aliphatic hydroxyl groups excluding tert-OH is 1. The van der Waals surface area contributed by atoms with Crippen LogP contribution in [0.25, 0.3) is 0 Å². The maximum absolute atomic E-state index is 11.0. The second-order valence-electron chi connectivity index (χ2n) is 4.47. The fraction of sp³-hybridized carbons (Fsp3) is 0.667. The van der Waals surface area contributed by atoms with Crippen LogP contribution < -0.4 is 0 Å². The van der Waals surface area contributed by atoms with Crippen LogP contribution in [0.15, 0.2) is 18.5 Å². The lowest BCUT2D eigenvalue weighted by Crippen LogP contribution is -2.06. The summed E-state index contributed by atoms with van der Waals surface area (Å²) in [5.74, 6) is 0.206. The fourth-order valence-electron chi connectivity index (χ4n) is 1.74. The van der Waals surface area contributed by atoms with Gasteiger partial charge in [0.1, 0.15) is 9.84 Å². The Morgan fingerprint density at radius 2 is 2.18 bits per heavy atom. The highest BCUT2D eigenvalue weighted by molar-refractivity contribution is 7.90. The molecule has 1 N–H and O–H groups in total. The lowest BCUT2D eigenvalue weighted by Gasteiger charge is -2.06. The summed E-state index contributed by atoms with van der Waals surface area (Å²) in [5, 5.41) is 9.78. The largest absolute Gasteiger partial charge is 0.388 e. The molecule has 0 fully saturated rings. The van der Waals surface area contributed by atoms with Crippen LogP contribution >= 0.6 is 0 Å². The van der Waals surface area contributed by atoms with Crippen LogP contribution in [0.4, 0.5) is 0 Å². The van der Waals surface area contributed by atoms with E-state index in [1.807, 2.05) is 30.0 Å². The summed E-state index contributed by atoms with van der Waals surface area (Å²) in [6, 6.07) is 1.89. The van der Waals surface area contributed by atoms with E-state index in [0.29, 0.717) is 13.0 Å². The van der Waals surface area contributed by atoms with Gasteiger partial charge in [0.25, 0.3) is 0 Å². The molecule has 17 heavy (non-hydrogen) atoms. The predicted molar refractivity (Wildman–Crippen MR) is 68.6 cm³/mol. The molecule has 5 heteroatoms. The highest BCUT2D eigenvalue weighted by Crippen LogP contribution is 2.18. The molecule has 0 aliphatic carbocycles. The fourth-order valence-corrected chi connectivity index (χ4v) is 2.40. The molecule has 1 rings (SSSR count). The minimum Gasteiger partial charge on any atom is -0.388 e. The van der Waals surface area contributed by atoms with Crippen LogP contribution in [-0.4, -0.2) is 30.1 Å². The summed E-state index contributed by atoms with van der Waals surface area (Å²) >= 11 is 0. The predicted octanol–water partition coefficient (Wildman–Crippen LogP) is 1.76. The Labute approximate surface area is 103 Å². The van der Waals surface area contributed by atoms with Gasteiger partial charge in [-0.1, -0.05) is 13.3 Å². The maximum atomic E-state index is 11.0. The number of sulfone groups is 1. The number of aliphatic hydroxyl groups is 1. The van der Waals surface area contributed by atoms with Gasteiger partial charge in [-0.3, -0.25) is 0 Å². The molecule has 0 saturated heterocycles. The van der Waals surface area contributed by atoms with Crippen molar-refractivity contribution in [3.05, 3.63) is 24.0 Å². The molecule has 1 aromatic rings. The number of aromatic nitrogens is 1. The molecule has 0 spiro atoms. The zero-order valence-corrected chi connectivity index (χ0v) is 11.3. The van der Waals surface area contributed by atoms with Crippen LogP contribution in [0.5, 0.6) is 0 Å². The smallest absolute Gasteiger partial charge is 0.147 e. The lowest BCUT2D eigenvalue weighted by atomic mass is 10.1. The second-order valence-corrected chi connectivity index (χ2v) is 6.73. The van der Waals surface area contributed by atoms with E-state index in [1.165, 1.54) is 6.26 Å². The van der Waals surface area contributed by atoms with Crippen molar-refractivity contribution in [3.63, 3.8) is 0 Å². The Kier molecular flexibility index (Phi) is 5.21. The van der Waals surface area contributed by atoms with Crippen molar-refractivity contribution in [3.8, 4) is 0 Å². The molecule has 0 bridgehead atoms. The van der Waals surface area contributed by atoms with Crippen molar-refractivity contribution in [2.24, 2.45) is 0 Å². The monoisotopic (exact) mass is 259 g/mol. The van der Waals surface area contributed by atoms with Crippen LogP contribution in [0.1, 0.15) is 37.9 Å². The van der Waals surface area contributed by atoms with Crippen molar-refractivity contribution in [1.29, 1.82) is 0 Å². The zero-order chi connectivity index (χ0) is 12.9. The van der Waals surface area contributed by atoms with Gasteiger partial charge in [0.15, 0.2) is 0 Å². The average molecular weight is 259 g/mol. The van der Waals surface area contributed by atoms with E-state index in [2.05, 4.69) is 0 Å². The molecule has 0 aliphatic heterocycles. The van der Waals surface area contributed by atoms with E-state index in [4.69, 9.17) is 0 Å². The average Bonchev–Trinajstić information content (AvgIpc) is 2.65. The summed E-state index contributed by atoms with van der Waals surface area (Å²) in [6.45, 7) is 2.71. The van der Waals surface area contributed by atoms with E-state index in [9.17, 15) is 13.5 Å². The molecule has 0 saturated carbocycles. The number of rotatable bonds is 7. The molecule has 0 amide bonds. The first-order chi connectivity index (χ1) is 7.92. The summed E-state index contributed by atoms with van der Waals surface area (Å²) in [4.78, 5) is 0. The van der Waals surface area contributed by atoms with Crippen LogP contribution in [0, 0.1) is 0 Å². The number of nitrogens with zero attached hydrogens (tertiary/aromatic N) is 1. The zero-order valence-electron chi connectivity index (χ0n) is 10.5. The third-order valence-corrected chi connectivity index (χ3v) is 3.68. The molecule has 0 aliphatic rings. The maximum Gasteiger partial charge on any atom is 0.147 e. The van der Waals surface area contributed by atoms with Gasteiger partial charge in [-0.15, -0.1) is 0 Å². The van der Waals surface area contributed by atoms with Gasteiger partial charge in [-0.05, 0) is 24.5 Å². The van der Waals surface area contributed by atoms with Crippen molar-refractivity contribution in [1.82, 2.24) is 4.57 Å². The number of aryl methyl sites for hydroxylation is 1. The first-order valence-electron chi connectivity index (χ1n) is 5.94. The molecule has 0 aromatic carbocycles. The third-order valence-electron chi connectivity index (χ3n) is 2.65. The minimum absolute atomic E-state index is 0.206. The SMILES string of the molecule is CCCC(O)c1ccn(CCCS(C)(=O)=O)c1. The highest BCUT2D eigenvalue weighted by atomic mass is 32.2. The Morgan fingerprint density at radius 1 is 1.47 bits per heavy atom. The van der Waals surface area contributed by atoms with E-state index < -0.39 is 15.9 Å². The van der Waals surface area contributed by atoms with E-state index >= 15 is 0 Å². The van der Waals surface area contributed by atoms with Gasteiger partial charge in [-0.25, -0.2) is 8.42 Å². The molecule has 4 nitrogen and oxygen atoms in total. The number of hydrogen-bond acceptors (Lipinski definition) is 3. The third kappa shape index (κ3) is 5.37. The number of hydrogen-bond donors (Lipinski definition) is 1. The van der Waals surface area contributed by atoms with Crippen LogP contribution in [0.3, 0.4) is 0 Å². The quantitative estimate of drug-likeness (QED) is 0.811. The van der Waals surface area contributed by atoms with Crippen molar-refractivity contribution in [2.45, 2.75) is 38.8 Å². The normalized spacial score (nSPS) is 13.8. The summed E-state index contributed by atoms with van der Waals surface area (Å²) < 4.78 is 23.9. The minimum atomic E-state index is -2.88. The van der Waals surface area contributed by atoms with Gasteiger partial charge in [-0.2, -0.15) is 0 Å². The highest BCUT2D eigenvalue weighted by Gasteiger charge is 2.08. The molecule has 1 unspecified atom stereocenters. The van der Waals surface area contributed by atoms with Crippen molar-refractivity contribution >= 4 is 9.84 Å². The second kappa shape index (κ2) is 6.21. The Balaban J connectivity index is 2.46. The van der Waals surface area contributed by atoms with Crippen LogP contribution in [0.2, 0.25) is 0 Å². The molecule has 98 valence electrons. The molecular formula is C12H21NO3S. The Bertz CT molecular complexity index is 436. The molecular weight excluding hydrogens is 238 g/mol. The first kappa shape index (κ1) is 14.3. The molecule has 1 atom stereocenters. The van der Waals surface area contributed by atoms with Crippen molar-refractivity contribution in [2.75, 3.05) is 12.0 Å². The molecule has 0 radical (unpaired) electrons. The summed E-state index contributed by atoms with van der Waals surface area (Å²) in [5.41, 5.74) is 0.909. The lowest BCUT2D eigenvalue weighted by molar-refractivity contribution is 0.166. The van der Waals surface area contributed by atoms with Crippen molar-refractivity contribution < 1.29 is 13.5 Å². The van der Waals surface area contributed by atoms with E-state index in [1.54, 1.807) is 0 Å². The van der Waals surface area contributed by atoms with Crippen LogP contribution in [-0.2, 0) is 16.4 Å². The molecule has 1 heterocycles. The van der Waals surface area contributed by atoms with Gasteiger partial charge < -0.3 is 9.67 Å². The molecule has 1 aromatic heterocycles. The van der Waals surface area contributed by atoms with Gasteiger partial charge >= 0.3 is 0 Å². The van der Waals surface area contributed by atoms with E-state index in [-0.39, 0.29) is 5.75 Å². The van der Waals surface area contributed by atoms with Gasteiger partial charge in [0, 0.05) is 25.2 Å². The topological polar surface area (TPSA) is 59.3 Å². The summed E-state index contributed by atoms with van der Waals surface area (Å²) in [6.07, 6.45) is 6.93. The van der Waals surface area contributed by atoms with E-state index in [0.717, 1.165) is 18.4 Å².